The summed E-state index contributed by atoms with van der Waals surface area (Å²) in [6.07, 6.45) is 6.53. The average Bonchev–Trinajstić information content (AvgIpc) is 3.55. The van der Waals surface area contributed by atoms with Gasteiger partial charge in [0, 0.05) is 46.2 Å². The van der Waals surface area contributed by atoms with Crippen LogP contribution in [0.15, 0.2) is 76.0 Å². The van der Waals surface area contributed by atoms with Gasteiger partial charge in [0.1, 0.15) is 17.6 Å². The molecule has 2 atom stereocenters. The lowest BCUT2D eigenvalue weighted by Gasteiger charge is -2.26. The summed E-state index contributed by atoms with van der Waals surface area (Å²) in [5, 5.41) is 4.27. The molecular formula is C28H26BrN3O3. The van der Waals surface area contributed by atoms with E-state index < -0.39 is 0 Å². The molecule has 6 nitrogen and oxygen atoms in total. The molecular weight excluding hydrogens is 506 g/mol. The highest BCUT2D eigenvalue weighted by atomic mass is 79.9. The fourth-order valence-electron chi connectivity index (χ4n) is 4.01. The molecule has 2 aromatic carbocycles. The van der Waals surface area contributed by atoms with Gasteiger partial charge in [0.05, 0.1) is 6.54 Å². The van der Waals surface area contributed by atoms with Crippen LogP contribution in [0.2, 0.25) is 0 Å². The third-order valence-corrected chi connectivity index (χ3v) is 6.39. The van der Waals surface area contributed by atoms with Crippen molar-refractivity contribution in [1.29, 1.82) is 0 Å². The number of rotatable bonds is 6. The van der Waals surface area contributed by atoms with Gasteiger partial charge in [0.25, 0.3) is 0 Å². The molecule has 35 heavy (non-hydrogen) atoms. The number of imidazole rings is 1. The van der Waals surface area contributed by atoms with Crippen LogP contribution in [0, 0.1) is 11.8 Å². The second-order valence-corrected chi connectivity index (χ2v) is 9.42. The number of ether oxygens (including phenoxy) is 2. The van der Waals surface area contributed by atoms with E-state index in [1.54, 1.807) is 6.20 Å². The van der Waals surface area contributed by atoms with E-state index in [-0.39, 0.29) is 12.4 Å². The first-order valence-corrected chi connectivity index (χ1v) is 12.5. The Bertz CT molecular complexity index is 1310. The third-order valence-electron chi connectivity index (χ3n) is 5.86. The van der Waals surface area contributed by atoms with Crippen LogP contribution in [0.3, 0.4) is 0 Å². The molecule has 0 amide bonds. The molecule has 1 aliphatic rings. The summed E-state index contributed by atoms with van der Waals surface area (Å²) >= 11 is 3.44. The van der Waals surface area contributed by atoms with Crippen LogP contribution in [-0.4, -0.2) is 27.6 Å². The van der Waals surface area contributed by atoms with Gasteiger partial charge in [0.2, 0.25) is 0 Å². The number of hydrogen-bond acceptors (Lipinski definition) is 5. The first-order chi connectivity index (χ1) is 17.1. The van der Waals surface area contributed by atoms with E-state index in [1.807, 2.05) is 72.3 Å². The Labute approximate surface area is 213 Å². The number of aromatic nitrogens is 3. The summed E-state index contributed by atoms with van der Waals surface area (Å²) in [5.41, 5.74) is 3.69. The minimum absolute atomic E-state index is 0.162. The summed E-state index contributed by atoms with van der Waals surface area (Å²) in [6.45, 7) is 3.31. The van der Waals surface area contributed by atoms with Gasteiger partial charge < -0.3 is 18.6 Å². The predicted molar refractivity (Wildman–Crippen MR) is 136 cm³/mol. The molecule has 1 unspecified atom stereocenters. The van der Waals surface area contributed by atoms with E-state index in [2.05, 4.69) is 37.9 Å². The van der Waals surface area contributed by atoms with Crippen LogP contribution in [0.5, 0.6) is 0 Å². The van der Waals surface area contributed by atoms with Crippen molar-refractivity contribution >= 4 is 15.9 Å². The Hall–Kier alpha value is -3.18. The maximum atomic E-state index is 6.09. The summed E-state index contributed by atoms with van der Waals surface area (Å²) in [5.74, 6) is 7.94. The largest absolute Gasteiger partial charge is 0.356 e. The molecule has 0 spiro atoms. The van der Waals surface area contributed by atoms with Crippen molar-refractivity contribution in [2.75, 3.05) is 6.61 Å². The minimum Gasteiger partial charge on any atom is -0.356 e. The van der Waals surface area contributed by atoms with Crippen molar-refractivity contribution in [3.05, 3.63) is 94.1 Å². The Balaban J connectivity index is 1.23. The van der Waals surface area contributed by atoms with Gasteiger partial charge in [-0.05, 0) is 74.7 Å². The van der Waals surface area contributed by atoms with Crippen LogP contribution in [-0.2, 0) is 16.0 Å². The normalized spacial score (nSPS) is 16.5. The molecule has 7 heteroatoms. The van der Waals surface area contributed by atoms with Crippen LogP contribution in [0.25, 0.3) is 11.3 Å². The van der Waals surface area contributed by atoms with E-state index in [0.29, 0.717) is 12.3 Å². The zero-order valence-electron chi connectivity index (χ0n) is 19.5. The Morgan fingerprint density at radius 1 is 1.09 bits per heavy atom. The summed E-state index contributed by atoms with van der Waals surface area (Å²) < 4.78 is 20.5. The van der Waals surface area contributed by atoms with Crippen LogP contribution in [0.1, 0.15) is 54.9 Å². The molecule has 3 heterocycles. The van der Waals surface area contributed by atoms with Gasteiger partial charge >= 0.3 is 0 Å². The highest BCUT2D eigenvalue weighted by Crippen LogP contribution is 2.25. The van der Waals surface area contributed by atoms with E-state index >= 15 is 0 Å². The van der Waals surface area contributed by atoms with E-state index in [4.69, 9.17) is 14.0 Å². The summed E-state index contributed by atoms with van der Waals surface area (Å²) in [7, 11) is 0. The first kappa shape index (κ1) is 23.6. The highest BCUT2D eigenvalue weighted by Gasteiger charge is 2.21. The molecule has 0 bridgehead atoms. The second-order valence-electron chi connectivity index (χ2n) is 8.50. The molecule has 4 aromatic rings. The quantitative estimate of drug-likeness (QED) is 0.271. The minimum atomic E-state index is -0.175. The number of halogens is 1. The third kappa shape index (κ3) is 6.09. The predicted octanol–water partition coefficient (Wildman–Crippen LogP) is 6.35. The van der Waals surface area contributed by atoms with E-state index in [1.165, 1.54) is 0 Å². The van der Waals surface area contributed by atoms with Gasteiger partial charge in [-0.2, -0.15) is 0 Å². The number of nitrogens with zero attached hydrogens (tertiary/aromatic N) is 3. The van der Waals surface area contributed by atoms with Crippen molar-refractivity contribution in [1.82, 2.24) is 14.7 Å². The molecule has 1 fully saturated rings. The molecule has 1 aliphatic heterocycles. The summed E-state index contributed by atoms with van der Waals surface area (Å²) in [6, 6.07) is 17.9. The van der Waals surface area contributed by atoms with Crippen molar-refractivity contribution < 1.29 is 14.0 Å². The number of hydrogen-bond donors (Lipinski definition) is 0. The smallest absolute Gasteiger partial charge is 0.167 e. The van der Waals surface area contributed by atoms with Gasteiger partial charge in [-0.15, -0.1) is 0 Å². The van der Waals surface area contributed by atoms with Crippen molar-refractivity contribution in [3.63, 3.8) is 0 Å². The fraction of sp³-hybridized carbons (Fsp3) is 0.286. The maximum absolute atomic E-state index is 6.09. The molecule has 178 valence electrons. The molecule has 0 N–H and O–H groups in total. The van der Waals surface area contributed by atoms with E-state index in [9.17, 15) is 0 Å². The zero-order valence-corrected chi connectivity index (χ0v) is 21.1. The molecule has 2 aromatic heterocycles. The molecule has 5 rings (SSSR count). The highest BCUT2D eigenvalue weighted by molar-refractivity contribution is 9.10. The van der Waals surface area contributed by atoms with Crippen LogP contribution >= 0.6 is 15.9 Å². The lowest BCUT2D eigenvalue weighted by molar-refractivity contribution is -0.188. The zero-order chi connectivity index (χ0) is 24.0. The van der Waals surface area contributed by atoms with Crippen molar-refractivity contribution in [2.45, 2.75) is 45.1 Å². The van der Waals surface area contributed by atoms with Gasteiger partial charge in [-0.25, -0.2) is 4.98 Å². The van der Waals surface area contributed by atoms with Crippen LogP contribution in [0.4, 0.5) is 0 Å². The van der Waals surface area contributed by atoms with Gasteiger partial charge in [0.15, 0.2) is 12.1 Å². The number of benzene rings is 2. The van der Waals surface area contributed by atoms with Gasteiger partial charge in [-0.1, -0.05) is 32.9 Å². The molecule has 0 saturated carbocycles. The maximum Gasteiger partial charge on any atom is 0.167 e. The Morgan fingerprint density at radius 3 is 2.54 bits per heavy atom. The lowest BCUT2D eigenvalue weighted by atomic mass is 10.1. The SMILES string of the molecule is C[C@H](OC1CCCCO1)c1nccn1Cc1cc(-c2ccc(C#Cc3ccc(Br)cc3)cc2)on1. The second kappa shape index (κ2) is 11.0. The average molecular weight is 532 g/mol. The Morgan fingerprint density at radius 2 is 1.83 bits per heavy atom. The first-order valence-electron chi connectivity index (χ1n) is 11.8. The van der Waals surface area contributed by atoms with E-state index in [0.717, 1.165) is 58.6 Å². The van der Waals surface area contributed by atoms with Crippen molar-refractivity contribution in [2.24, 2.45) is 0 Å². The molecule has 0 radical (unpaired) electrons. The molecule has 0 aliphatic carbocycles. The van der Waals surface area contributed by atoms with Gasteiger partial charge in [-0.3, -0.25) is 0 Å². The molecule has 1 saturated heterocycles. The Kier molecular flexibility index (Phi) is 7.43. The topological polar surface area (TPSA) is 62.3 Å². The monoisotopic (exact) mass is 531 g/mol. The lowest BCUT2D eigenvalue weighted by Crippen LogP contribution is -2.24. The fourth-order valence-corrected chi connectivity index (χ4v) is 4.28. The van der Waals surface area contributed by atoms with Crippen LogP contribution < -0.4 is 0 Å². The summed E-state index contributed by atoms with van der Waals surface area (Å²) in [4.78, 5) is 4.50. The standard InChI is InChI=1S/C28H26BrN3O3/c1-20(34-27-4-2-3-17-33-27)28-30-15-16-32(28)19-25-18-26(35-31-25)23-11-7-21(8-12-23)5-6-22-9-13-24(29)14-10-22/h7-16,18,20,27H,2-4,17,19H2,1H3/t20-,27?/m0/s1. The van der Waals surface area contributed by atoms with Crippen molar-refractivity contribution in [3.8, 4) is 23.2 Å².